The van der Waals surface area contributed by atoms with E-state index in [1.807, 2.05) is 19.9 Å². The van der Waals surface area contributed by atoms with Crippen molar-refractivity contribution in [2.75, 3.05) is 13.1 Å². The molecule has 3 heteroatoms. The normalized spacial score (nSPS) is 21.6. The molecule has 1 aromatic rings. The molecule has 1 aromatic carbocycles. The van der Waals surface area contributed by atoms with E-state index in [2.05, 4.69) is 11.4 Å². The van der Waals surface area contributed by atoms with E-state index in [0.717, 1.165) is 48.4 Å². The first-order chi connectivity index (χ1) is 8.60. The fourth-order valence-electron chi connectivity index (χ4n) is 3.18. The van der Waals surface area contributed by atoms with Gasteiger partial charge in [-0.25, -0.2) is 0 Å². The zero-order valence-electron chi connectivity index (χ0n) is 11.0. The molecular formula is C15H19NO2. The van der Waals surface area contributed by atoms with Crippen molar-refractivity contribution in [1.29, 1.82) is 0 Å². The van der Waals surface area contributed by atoms with Gasteiger partial charge < -0.3 is 10.1 Å². The molecule has 1 saturated heterocycles. The Kier molecular flexibility index (Phi) is 2.67. The molecule has 96 valence electrons. The van der Waals surface area contributed by atoms with Gasteiger partial charge in [0.05, 0.1) is 12.0 Å². The lowest BCUT2D eigenvalue weighted by molar-refractivity contribution is 0.0186. The Morgan fingerprint density at radius 3 is 2.67 bits per heavy atom. The Morgan fingerprint density at radius 2 is 1.94 bits per heavy atom. The van der Waals surface area contributed by atoms with Crippen LogP contribution in [0.4, 0.5) is 0 Å². The van der Waals surface area contributed by atoms with E-state index >= 15 is 0 Å². The van der Waals surface area contributed by atoms with Crippen LogP contribution in [-0.4, -0.2) is 24.5 Å². The second-order valence-corrected chi connectivity index (χ2v) is 5.59. The van der Waals surface area contributed by atoms with Crippen LogP contribution in [0.1, 0.15) is 40.7 Å². The van der Waals surface area contributed by atoms with Gasteiger partial charge in [-0.15, -0.1) is 0 Å². The summed E-state index contributed by atoms with van der Waals surface area (Å²) in [5.41, 5.74) is 2.74. The maximum Gasteiger partial charge on any atom is 0.170 e. The highest BCUT2D eigenvalue weighted by Crippen LogP contribution is 2.39. The molecule has 2 aliphatic heterocycles. The molecule has 3 rings (SSSR count). The van der Waals surface area contributed by atoms with Crippen molar-refractivity contribution < 1.29 is 9.53 Å². The number of carbonyl (C=O) groups is 1. The number of rotatable bonds is 0. The summed E-state index contributed by atoms with van der Waals surface area (Å²) in [6.07, 6.45) is 2.38. The number of nitrogens with one attached hydrogen (secondary N) is 1. The van der Waals surface area contributed by atoms with Crippen molar-refractivity contribution in [2.45, 2.75) is 38.7 Å². The van der Waals surface area contributed by atoms with Gasteiger partial charge in [-0.1, -0.05) is 6.07 Å². The number of ether oxygens (including phenoxy) is 1. The number of fused-ring (bicyclic) bond motifs is 1. The molecule has 3 nitrogen and oxygen atoms in total. The number of Topliss-reactive ketones (excluding diaryl/α,β-unsaturated/α-hetero) is 1. The standard InChI is InChI=1S/C15H19NO2/c1-10-7-11(2)14-12(17)9-15(18-13(14)8-10)3-5-16-6-4-15/h7-8,16H,3-6,9H2,1-2H3. The summed E-state index contributed by atoms with van der Waals surface area (Å²) in [6, 6.07) is 4.06. The predicted molar refractivity (Wildman–Crippen MR) is 70.3 cm³/mol. The zero-order valence-corrected chi connectivity index (χ0v) is 11.0. The lowest BCUT2D eigenvalue weighted by Crippen LogP contribution is -2.49. The smallest absolute Gasteiger partial charge is 0.170 e. The van der Waals surface area contributed by atoms with Gasteiger partial charge in [-0.3, -0.25) is 4.79 Å². The van der Waals surface area contributed by atoms with Gasteiger partial charge in [0.1, 0.15) is 11.4 Å². The predicted octanol–water partition coefficient (Wildman–Crippen LogP) is 2.39. The van der Waals surface area contributed by atoms with Crippen molar-refractivity contribution in [1.82, 2.24) is 5.32 Å². The molecular weight excluding hydrogens is 226 g/mol. The van der Waals surface area contributed by atoms with Crippen molar-refractivity contribution in [2.24, 2.45) is 0 Å². The highest BCUT2D eigenvalue weighted by atomic mass is 16.5. The molecule has 0 saturated carbocycles. The quantitative estimate of drug-likeness (QED) is 0.762. The Labute approximate surface area is 108 Å². The molecule has 2 heterocycles. The number of benzene rings is 1. The number of carbonyl (C=O) groups excluding carboxylic acids is 1. The third kappa shape index (κ3) is 1.83. The van der Waals surface area contributed by atoms with Gasteiger partial charge in [-0.05, 0) is 44.1 Å². The topological polar surface area (TPSA) is 38.3 Å². The highest BCUT2D eigenvalue weighted by molar-refractivity contribution is 6.01. The Hall–Kier alpha value is -1.35. The van der Waals surface area contributed by atoms with E-state index in [-0.39, 0.29) is 11.4 Å². The molecule has 2 aliphatic rings. The summed E-state index contributed by atoms with van der Waals surface area (Å²) in [6.45, 7) is 5.92. The fourth-order valence-corrected chi connectivity index (χ4v) is 3.18. The number of aryl methyl sites for hydroxylation is 2. The van der Waals surface area contributed by atoms with Crippen molar-refractivity contribution in [3.8, 4) is 5.75 Å². The van der Waals surface area contributed by atoms with Gasteiger partial charge in [0.25, 0.3) is 0 Å². The van der Waals surface area contributed by atoms with Gasteiger partial charge >= 0.3 is 0 Å². The number of piperidine rings is 1. The lowest BCUT2D eigenvalue weighted by atomic mass is 9.82. The van der Waals surface area contributed by atoms with E-state index in [1.54, 1.807) is 0 Å². The van der Waals surface area contributed by atoms with Crippen molar-refractivity contribution >= 4 is 5.78 Å². The van der Waals surface area contributed by atoms with Crippen LogP contribution in [0, 0.1) is 13.8 Å². The minimum absolute atomic E-state index is 0.246. The summed E-state index contributed by atoms with van der Waals surface area (Å²) in [5, 5.41) is 3.33. The number of ketones is 1. The first-order valence-corrected chi connectivity index (χ1v) is 6.64. The SMILES string of the molecule is Cc1cc(C)c2c(c1)OC1(CCNCC1)CC2=O. The third-order valence-electron chi connectivity index (χ3n) is 4.05. The lowest BCUT2D eigenvalue weighted by Gasteiger charge is -2.41. The Morgan fingerprint density at radius 1 is 1.22 bits per heavy atom. The molecule has 18 heavy (non-hydrogen) atoms. The van der Waals surface area contributed by atoms with Crippen LogP contribution in [-0.2, 0) is 0 Å². The Balaban J connectivity index is 2.03. The molecule has 1 N–H and O–H groups in total. The first kappa shape index (κ1) is 11.7. The average Bonchev–Trinajstić information content (AvgIpc) is 2.27. The molecule has 0 atom stereocenters. The van der Waals surface area contributed by atoms with E-state index in [4.69, 9.17) is 4.74 Å². The van der Waals surface area contributed by atoms with Crippen molar-refractivity contribution in [3.63, 3.8) is 0 Å². The molecule has 1 fully saturated rings. The maximum atomic E-state index is 12.4. The van der Waals surface area contributed by atoms with Gasteiger partial charge in [-0.2, -0.15) is 0 Å². The minimum atomic E-state index is -0.254. The van der Waals surface area contributed by atoms with Crippen LogP contribution in [0.5, 0.6) is 5.75 Å². The molecule has 1 spiro atoms. The molecule has 0 aliphatic carbocycles. The summed E-state index contributed by atoms with van der Waals surface area (Å²) in [7, 11) is 0. The monoisotopic (exact) mass is 245 g/mol. The average molecular weight is 245 g/mol. The molecule has 0 aromatic heterocycles. The molecule has 0 bridgehead atoms. The van der Waals surface area contributed by atoms with Crippen LogP contribution in [0.3, 0.4) is 0 Å². The summed E-state index contributed by atoms with van der Waals surface area (Å²) < 4.78 is 6.23. The third-order valence-corrected chi connectivity index (χ3v) is 4.05. The van der Waals surface area contributed by atoms with Gasteiger partial charge in [0, 0.05) is 12.8 Å². The summed E-state index contributed by atoms with van der Waals surface area (Å²) >= 11 is 0. The second kappa shape index (κ2) is 4.09. The zero-order chi connectivity index (χ0) is 12.8. The maximum absolute atomic E-state index is 12.4. The summed E-state index contributed by atoms with van der Waals surface area (Å²) in [4.78, 5) is 12.4. The van der Waals surface area contributed by atoms with Crippen LogP contribution in [0.25, 0.3) is 0 Å². The molecule has 0 amide bonds. The number of hydrogen-bond donors (Lipinski definition) is 1. The van der Waals surface area contributed by atoms with Crippen LogP contribution in [0.15, 0.2) is 12.1 Å². The van der Waals surface area contributed by atoms with Crippen LogP contribution < -0.4 is 10.1 Å². The molecule has 0 unspecified atom stereocenters. The fraction of sp³-hybridized carbons (Fsp3) is 0.533. The van der Waals surface area contributed by atoms with Gasteiger partial charge in [0.15, 0.2) is 5.78 Å². The summed E-state index contributed by atoms with van der Waals surface area (Å²) in [5.74, 6) is 1.04. The van der Waals surface area contributed by atoms with Crippen LogP contribution in [0.2, 0.25) is 0 Å². The van der Waals surface area contributed by atoms with E-state index < -0.39 is 0 Å². The Bertz CT molecular complexity index is 501. The van der Waals surface area contributed by atoms with E-state index in [1.165, 1.54) is 0 Å². The largest absolute Gasteiger partial charge is 0.486 e. The van der Waals surface area contributed by atoms with Crippen LogP contribution >= 0.6 is 0 Å². The van der Waals surface area contributed by atoms with Crippen molar-refractivity contribution in [3.05, 3.63) is 28.8 Å². The molecule has 0 radical (unpaired) electrons. The number of hydrogen-bond acceptors (Lipinski definition) is 3. The van der Waals surface area contributed by atoms with Gasteiger partial charge in [0.2, 0.25) is 0 Å². The highest BCUT2D eigenvalue weighted by Gasteiger charge is 2.41. The first-order valence-electron chi connectivity index (χ1n) is 6.64. The van der Waals surface area contributed by atoms with E-state index in [9.17, 15) is 4.79 Å². The van der Waals surface area contributed by atoms with E-state index in [0.29, 0.717) is 6.42 Å². The second-order valence-electron chi connectivity index (χ2n) is 5.59. The minimum Gasteiger partial charge on any atom is -0.486 e.